The first kappa shape index (κ1) is 19.6. The summed E-state index contributed by atoms with van der Waals surface area (Å²) in [6.07, 6.45) is 8.41. The molecule has 0 unspecified atom stereocenters. The third kappa shape index (κ3) is 3.66. The SMILES string of the molecule is COc1cc(C(=O)N2CCC3(CCCCC3)Cc3ccccc32)cc(OC)c1O. The van der Waals surface area contributed by atoms with E-state index >= 15 is 0 Å². The minimum Gasteiger partial charge on any atom is -0.502 e. The molecule has 5 nitrogen and oxygen atoms in total. The Hall–Kier alpha value is -2.69. The Morgan fingerprint density at radius 2 is 1.66 bits per heavy atom. The molecule has 2 aromatic rings. The number of hydrogen-bond donors (Lipinski definition) is 1. The highest BCUT2D eigenvalue weighted by Crippen LogP contribution is 2.46. The summed E-state index contributed by atoms with van der Waals surface area (Å²) in [6, 6.07) is 11.4. The summed E-state index contributed by atoms with van der Waals surface area (Å²) in [4.78, 5) is 15.5. The number of amides is 1. The Bertz CT molecular complexity index is 876. The minimum absolute atomic E-state index is 0.0935. The molecule has 0 bridgehead atoms. The first-order chi connectivity index (χ1) is 14.1. The zero-order chi connectivity index (χ0) is 20.4. The Kier molecular flexibility index (Phi) is 5.39. The highest BCUT2D eigenvalue weighted by molar-refractivity contribution is 6.07. The zero-order valence-corrected chi connectivity index (χ0v) is 17.2. The fourth-order valence-corrected chi connectivity index (χ4v) is 5.00. The van der Waals surface area contributed by atoms with E-state index in [9.17, 15) is 9.90 Å². The fraction of sp³-hybridized carbons (Fsp3) is 0.458. The molecule has 0 aromatic heterocycles. The van der Waals surface area contributed by atoms with Gasteiger partial charge >= 0.3 is 0 Å². The van der Waals surface area contributed by atoms with E-state index in [4.69, 9.17) is 9.47 Å². The molecule has 1 N–H and O–H groups in total. The molecular weight excluding hydrogens is 366 g/mol. The lowest BCUT2D eigenvalue weighted by Gasteiger charge is -2.36. The maximum atomic E-state index is 13.6. The molecule has 1 aliphatic carbocycles. The van der Waals surface area contributed by atoms with Gasteiger partial charge in [-0.1, -0.05) is 37.5 Å². The lowest BCUT2D eigenvalue weighted by Crippen LogP contribution is -2.34. The van der Waals surface area contributed by atoms with Crippen LogP contribution in [0.15, 0.2) is 36.4 Å². The molecule has 1 aliphatic heterocycles. The zero-order valence-electron chi connectivity index (χ0n) is 17.2. The normalized spacial score (nSPS) is 18.1. The number of fused-ring (bicyclic) bond motifs is 1. The summed E-state index contributed by atoms with van der Waals surface area (Å²) in [5.74, 6) is 0.282. The molecule has 1 saturated carbocycles. The molecule has 2 aliphatic rings. The molecular formula is C24H29NO4. The van der Waals surface area contributed by atoms with Crippen LogP contribution in [0.1, 0.15) is 54.4 Å². The van der Waals surface area contributed by atoms with Gasteiger partial charge in [-0.25, -0.2) is 0 Å². The summed E-state index contributed by atoms with van der Waals surface area (Å²) in [6.45, 7) is 0.696. The monoisotopic (exact) mass is 395 g/mol. The van der Waals surface area contributed by atoms with Crippen LogP contribution in [0.5, 0.6) is 17.2 Å². The number of hydrogen-bond acceptors (Lipinski definition) is 4. The first-order valence-electron chi connectivity index (χ1n) is 10.4. The molecule has 0 saturated heterocycles. The van der Waals surface area contributed by atoms with Crippen LogP contribution in [0.2, 0.25) is 0 Å². The number of carbonyl (C=O) groups is 1. The summed E-state index contributed by atoms with van der Waals surface area (Å²) in [7, 11) is 2.94. The van der Waals surface area contributed by atoms with Crippen molar-refractivity contribution in [3.05, 3.63) is 47.5 Å². The van der Waals surface area contributed by atoms with E-state index in [1.165, 1.54) is 51.9 Å². The minimum atomic E-state index is -0.0955. The third-order valence-electron chi connectivity index (χ3n) is 6.60. The molecule has 0 radical (unpaired) electrons. The standard InChI is InChI=1S/C24H29NO4/c1-28-20-14-18(15-21(29-2)22(20)26)23(27)25-13-12-24(10-6-3-7-11-24)16-17-8-4-5-9-19(17)25/h4-5,8-9,14-15,26H,3,6-7,10-13,16H2,1-2H3. The number of benzene rings is 2. The van der Waals surface area contributed by atoms with E-state index in [1.54, 1.807) is 12.1 Å². The molecule has 5 heteroatoms. The topological polar surface area (TPSA) is 59.0 Å². The molecule has 1 heterocycles. The Balaban J connectivity index is 1.72. The second-order valence-corrected chi connectivity index (χ2v) is 8.30. The van der Waals surface area contributed by atoms with Gasteiger partial charge in [0.2, 0.25) is 5.75 Å². The largest absolute Gasteiger partial charge is 0.502 e. The predicted octanol–water partition coefficient (Wildman–Crippen LogP) is 4.95. The van der Waals surface area contributed by atoms with Crippen molar-refractivity contribution in [3.8, 4) is 17.2 Å². The number of methoxy groups -OCH3 is 2. The average molecular weight is 395 g/mol. The summed E-state index contributed by atoms with van der Waals surface area (Å²) < 4.78 is 10.5. The molecule has 1 spiro atoms. The van der Waals surface area contributed by atoms with Gasteiger partial charge in [0.15, 0.2) is 11.5 Å². The van der Waals surface area contributed by atoms with E-state index < -0.39 is 0 Å². The van der Waals surface area contributed by atoms with Crippen LogP contribution in [0.3, 0.4) is 0 Å². The summed E-state index contributed by atoms with van der Waals surface area (Å²) in [5, 5.41) is 10.2. The first-order valence-corrected chi connectivity index (χ1v) is 10.4. The van der Waals surface area contributed by atoms with Crippen LogP contribution in [0.4, 0.5) is 5.69 Å². The van der Waals surface area contributed by atoms with Crippen LogP contribution in [-0.2, 0) is 6.42 Å². The van der Waals surface area contributed by atoms with Crippen LogP contribution >= 0.6 is 0 Å². The summed E-state index contributed by atoms with van der Waals surface area (Å²) >= 11 is 0. The van der Waals surface area contributed by atoms with E-state index in [0.29, 0.717) is 17.5 Å². The van der Waals surface area contributed by atoms with Crippen molar-refractivity contribution >= 4 is 11.6 Å². The van der Waals surface area contributed by atoms with Crippen molar-refractivity contribution < 1.29 is 19.4 Å². The van der Waals surface area contributed by atoms with Gasteiger partial charge in [0.1, 0.15) is 0 Å². The number of phenolic OH excluding ortho intramolecular Hbond substituents is 1. The van der Waals surface area contributed by atoms with E-state index in [1.807, 2.05) is 17.0 Å². The molecule has 0 atom stereocenters. The second-order valence-electron chi connectivity index (χ2n) is 8.30. The van der Waals surface area contributed by atoms with Gasteiger partial charge in [0.25, 0.3) is 5.91 Å². The van der Waals surface area contributed by atoms with Gasteiger partial charge < -0.3 is 19.5 Å². The number of anilines is 1. The van der Waals surface area contributed by atoms with Crippen molar-refractivity contribution in [3.63, 3.8) is 0 Å². The maximum Gasteiger partial charge on any atom is 0.258 e. The quantitative estimate of drug-likeness (QED) is 0.799. The van der Waals surface area contributed by atoms with Crippen molar-refractivity contribution in [2.45, 2.75) is 44.9 Å². The number of ether oxygens (including phenoxy) is 2. The molecule has 1 amide bonds. The Morgan fingerprint density at radius 1 is 1.00 bits per heavy atom. The van der Waals surface area contributed by atoms with Gasteiger partial charge in [-0.2, -0.15) is 0 Å². The average Bonchev–Trinajstić information content (AvgIpc) is 2.90. The number of rotatable bonds is 3. The van der Waals surface area contributed by atoms with Crippen molar-refractivity contribution in [1.82, 2.24) is 0 Å². The van der Waals surface area contributed by atoms with Crippen molar-refractivity contribution in [2.75, 3.05) is 25.7 Å². The lowest BCUT2D eigenvalue weighted by atomic mass is 9.69. The summed E-state index contributed by atoms with van der Waals surface area (Å²) in [5.41, 5.74) is 2.99. The Morgan fingerprint density at radius 3 is 2.31 bits per heavy atom. The van der Waals surface area contributed by atoms with Crippen LogP contribution < -0.4 is 14.4 Å². The van der Waals surface area contributed by atoms with Crippen LogP contribution in [0.25, 0.3) is 0 Å². The lowest BCUT2D eigenvalue weighted by molar-refractivity contribution is 0.0980. The van der Waals surface area contributed by atoms with Gasteiger partial charge in [0.05, 0.1) is 14.2 Å². The number of para-hydroxylation sites is 1. The van der Waals surface area contributed by atoms with Gasteiger partial charge in [-0.3, -0.25) is 4.79 Å². The third-order valence-corrected chi connectivity index (χ3v) is 6.60. The highest BCUT2D eigenvalue weighted by atomic mass is 16.5. The molecule has 4 rings (SSSR count). The van der Waals surface area contributed by atoms with Crippen LogP contribution in [0, 0.1) is 5.41 Å². The predicted molar refractivity (Wildman–Crippen MR) is 113 cm³/mol. The number of phenols is 1. The maximum absolute atomic E-state index is 13.6. The fourth-order valence-electron chi connectivity index (χ4n) is 5.00. The molecule has 29 heavy (non-hydrogen) atoms. The Labute approximate surface area is 172 Å². The number of carbonyl (C=O) groups excluding carboxylic acids is 1. The van der Waals surface area contributed by atoms with E-state index in [2.05, 4.69) is 12.1 Å². The molecule has 154 valence electrons. The van der Waals surface area contributed by atoms with Crippen molar-refractivity contribution in [1.29, 1.82) is 0 Å². The van der Waals surface area contributed by atoms with Gasteiger partial charge in [-0.05, 0) is 54.9 Å². The molecule has 1 fully saturated rings. The second kappa shape index (κ2) is 7.97. The number of nitrogens with zero attached hydrogens (tertiary/aromatic N) is 1. The number of aromatic hydroxyl groups is 1. The van der Waals surface area contributed by atoms with Gasteiger partial charge in [0, 0.05) is 17.8 Å². The smallest absolute Gasteiger partial charge is 0.258 e. The van der Waals surface area contributed by atoms with E-state index in [0.717, 1.165) is 18.5 Å². The van der Waals surface area contributed by atoms with Crippen LogP contribution in [-0.4, -0.2) is 31.8 Å². The van der Waals surface area contributed by atoms with Gasteiger partial charge in [-0.15, -0.1) is 0 Å². The highest BCUT2D eigenvalue weighted by Gasteiger charge is 2.37. The molecule has 2 aromatic carbocycles. The van der Waals surface area contributed by atoms with Crippen molar-refractivity contribution in [2.24, 2.45) is 5.41 Å². The van der Waals surface area contributed by atoms with E-state index in [-0.39, 0.29) is 23.2 Å².